The molecule has 2 N–H and O–H groups in total. The molecule has 2 atom stereocenters. The van der Waals surface area contributed by atoms with Crippen LogP contribution in [-0.4, -0.2) is 46.1 Å². The SMILES string of the molecule is Cc1ccc(-c2ccc(C(CCC(F)(F)F)Nc3ccc(C(=O)N4CCC[C@@H](C(=O)O)C4)cn3)cc2)cc1. The summed E-state index contributed by atoms with van der Waals surface area (Å²) in [6, 6.07) is 17.9. The summed E-state index contributed by atoms with van der Waals surface area (Å²) < 4.78 is 39.2. The Bertz CT molecular complexity index is 1240. The molecule has 2 aromatic carbocycles. The molecule has 1 fully saturated rings. The van der Waals surface area contributed by atoms with Crippen LogP contribution in [0.2, 0.25) is 0 Å². The van der Waals surface area contributed by atoms with Gasteiger partial charge < -0.3 is 15.3 Å². The number of carboxylic acids is 1. The lowest BCUT2D eigenvalue weighted by molar-refractivity contribution is -0.143. The highest BCUT2D eigenvalue weighted by atomic mass is 19.4. The van der Waals surface area contributed by atoms with E-state index in [1.54, 1.807) is 12.1 Å². The Kier molecular flexibility index (Phi) is 8.34. The number of benzene rings is 2. The van der Waals surface area contributed by atoms with Gasteiger partial charge in [0, 0.05) is 25.7 Å². The molecule has 1 aliphatic rings. The Morgan fingerprint density at radius 1 is 1.05 bits per heavy atom. The fourth-order valence-electron chi connectivity index (χ4n) is 4.61. The molecule has 2 heterocycles. The van der Waals surface area contributed by atoms with E-state index < -0.39 is 30.5 Å². The summed E-state index contributed by atoms with van der Waals surface area (Å²) in [5.41, 5.74) is 4.12. The van der Waals surface area contributed by atoms with Crippen LogP contribution in [0, 0.1) is 12.8 Å². The first kappa shape index (κ1) is 27.2. The van der Waals surface area contributed by atoms with E-state index in [0.29, 0.717) is 36.3 Å². The van der Waals surface area contributed by atoms with Crippen molar-refractivity contribution in [1.29, 1.82) is 0 Å². The van der Waals surface area contributed by atoms with Gasteiger partial charge in [-0.15, -0.1) is 0 Å². The van der Waals surface area contributed by atoms with Crippen molar-refractivity contribution in [2.24, 2.45) is 5.92 Å². The van der Waals surface area contributed by atoms with Crippen LogP contribution < -0.4 is 5.32 Å². The number of likely N-dealkylation sites (tertiary alicyclic amines) is 1. The molecule has 1 saturated heterocycles. The van der Waals surface area contributed by atoms with E-state index in [9.17, 15) is 27.9 Å². The molecule has 38 heavy (non-hydrogen) atoms. The van der Waals surface area contributed by atoms with Gasteiger partial charge in [0.15, 0.2) is 0 Å². The summed E-state index contributed by atoms with van der Waals surface area (Å²) in [4.78, 5) is 29.9. The highest BCUT2D eigenvalue weighted by Gasteiger charge is 2.30. The Labute approximate surface area is 219 Å². The molecule has 1 unspecified atom stereocenters. The first-order valence-electron chi connectivity index (χ1n) is 12.6. The second-order valence-electron chi connectivity index (χ2n) is 9.70. The third-order valence-corrected chi connectivity index (χ3v) is 6.80. The van der Waals surface area contributed by atoms with E-state index >= 15 is 0 Å². The number of nitrogens with zero attached hydrogens (tertiary/aromatic N) is 2. The van der Waals surface area contributed by atoms with Crippen molar-refractivity contribution in [3.63, 3.8) is 0 Å². The number of pyridine rings is 1. The summed E-state index contributed by atoms with van der Waals surface area (Å²) >= 11 is 0. The maximum absolute atomic E-state index is 13.1. The molecule has 6 nitrogen and oxygen atoms in total. The van der Waals surface area contributed by atoms with Crippen molar-refractivity contribution in [3.8, 4) is 11.1 Å². The number of aromatic nitrogens is 1. The van der Waals surface area contributed by atoms with Gasteiger partial charge >= 0.3 is 12.1 Å². The van der Waals surface area contributed by atoms with Crippen molar-refractivity contribution in [2.75, 3.05) is 18.4 Å². The van der Waals surface area contributed by atoms with E-state index in [1.807, 2.05) is 55.5 Å². The number of rotatable bonds is 8. The Morgan fingerprint density at radius 3 is 2.29 bits per heavy atom. The molecule has 0 aliphatic carbocycles. The van der Waals surface area contributed by atoms with Gasteiger partial charge in [0.2, 0.25) is 0 Å². The van der Waals surface area contributed by atoms with Crippen molar-refractivity contribution < 1.29 is 27.9 Å². The number of anilines is 1. The summed E-state index contributed by atoms with van der Waals surface area (Å²) in [6.45, 7) is 2.62. The standard InChI is InChI=1S/C29H30F3N3O3/c1-19-4-6-20(7-5-19)21-8-10-22(11-9-21)25(14-15-29(30,31)32)34-26-13-12-23(17-33-26)27(36)35-16-2-3-24(18-35)28(37)38/h4-13,17,24-25H,2-3,14-16,18H2,1H3,(H,33,34)(H,37,38)/t24-,25?/m1/s1. The summed E-state index contributed by atoms with van der Waals surface area (Å²) in [5.74, 6) is -1.47. The van der Waals surface area contributed by atoms with Gasteiger partial charge in [-0.3, -0.25) is 9.59 Å². The molecule has 4 rings (SSSR count). The van der Waals surface area contributed by atoms with Crippen molar-refractivity contribution in [2.45, 2.75) is 44.8 Å². The smallest absolute Gasteiger partial charge is 0.389 e. The normalized spacial score (nSPS) is 16.6. The average molecular weight is 526 g/mol. The molecule has 3 aromatic rings. The number of nitrogens with one attached hydrogen (secondary N) is 1. The fraction of sp³-hybridized carbons (Fsp3) is 0.345. The van der Waals surface area contributed by atoms with Crippen LogP contribution in [0.1, 0.15) is 53.2 Å². The van der Waals surface area contributed by atoms with Crippen LogP contribution in [0.5, 0.6) is 0 Å². The highest BCUT2D eigenvalue weighted by Crippen LogP contribution is 2.31. The average Bonchev–Trinajstić information content (AvgIpc) is 2.91. The van der Waals surface area contributed by atoms with E-state index in [0.717, 1.165) is 16.7 Å². The van der Waals surface area contributed by atoms with Gasteiger partial charge in [0.1, 0.15) is 5.82 Å². The molecule has 0 saturated carbocycles. The number of aryl methyl sites for hydroxylation is 1. The molecule has 9 heteroatoms. The summed E-state index contributed by atoms with van der Waals surface area (Å²) in [7, 11) is 0. The van der Waals surface area contributed by atoms with Crippen LogP contribution >= 0.6 is 0 Å². The number of carbonyl (C=O) groups excluding carboxylic acids is 1. The highest BCUT2D eigenvalue weighted by molar-refractivity contribution is 5.94. The minimum atomic E-state index is -4.30. The van der Waals surface area contributed by atoms with Gasteiger partial charge in [-0.1, -0.05) is 54.1 Å². The minimum Gasteiger partial charge on any atom is -0.481 e. The molecule has 0 bridgehead atoms. The van der Waals surface area contributed by atoms with Crippen molar-refractivity contribution in [1.82, 2.24) is 9.88 Å². The van der Waals surface area contributed by atoms with E-state index in [-0.39, 0.29) is 18.9 Å². The zero-order valence-electron chi connectivity index (χ0n) is 21.0. The number of alkyl halides is 3. The lowest BCUT2D eigenvalue weighted by Crippen LogP contribution is -2.42. The first-order chi connectivity index (χ1) is 18.1. The molecule has 1 amide bonds. The molecular weight excluding hydrogens is 495 g/mol. The van der Waals surface area contributed by atoms with Crippen molar-refractivity contribution >= 4 is 17.7 Å². The van der Waals surface area contributed by atoms with Gasteiger partial charge in [-0.2, -0.15) is 13.2 Å². The molecule has 200 valence electrons. The maximum Gasteiger partial charge on any atom is 0.389 e. The number of halogens is 3. The van der Waals surface area contributed by atoms with Crippen molar-refractivity contribution in [3.05, 3.63) is 83.6 Å². The van der Waals surface area contributed by atoms with E-state index in [4.69, 9.17) is 0 Å². The Hall–Kier alpha value is -3.88. The second kappa shape index (κ2) is 11.7. The number of piperidine rings is 1. The lowest BCUT2D eigenvalue weighted by Gasteiger charge is -2.30. The molecule has 0 spiro atoms. The second-order valence-corrected chi connectivity index (χ2v) is 9.70. The predicted molar refractivity (Wildman–Crippen MR) is 139 cm³/mol. The van der Waals surface area contributed by atoms with Crippen LogP contribution in [0.4, 0.5) is 19.0 Å². The monoisotopic (exact) mass is 525 g/mol. The molecular formula is C29H30F3N3O3. The van der Waals surface area contributed by atoms with Gasteiger partial charge in [0.25, 0.3) is 5.91 Å². The summed E-state index contributed by atoms with van der Waals surface area (Å²) in [6.07, 6.45) is -2.92. The Morgan fingerprint density at radius 2 is 1.71 bits per heavy atom. The zero-order chi connectivity index (χ0) is 27.3. The van der Waals surface area contributed by atoms with Gasteiger partial charge in [0.05, 0.1) is 17.5 Å². The topological polar surface area (TPSA) is 82.5 Å². The van der Waals surface area contributed by atoms with Crippen LogP contribution in [-0.2, 0) is 4.79 Å². The molecule has 1 aliphatic heterocycles. The van der Waals surface area contributed by atoms with Crippen LogP contribution in [0.15, 0.2) is 66.9 Å². The van der Waals surface area contributed by atoms with E-state index in [1.165, 1.54) is 11.1 Å². The molecule has 1 aromatic heterocycles. The van der Waals surface area contributed by atoms with Gasteiger partial charge in [-0.05, 0) is 55.0 Å². The number of amides is 1. The number of carbonyl (C=O) groups is 2. The third-order valence-electron chi connectivity index (χ3n) is 6.80. The van der Waals surface area contributed by atoms with E-state index in [2.05, 4.69) is 10.3 Å². The molecule has 0 radical (unpaired) electrons. The Balaban J connectivity index is 1.48. The minimum absolute atomic E-state index is 0.145. The largest absolute Gasteiger partial charge is 0.481 e. The number of hydrogen-bond acceptors (Lipinski definition) is 4. The lowest BCUT2D eigenvalue weighted by atomic mass is 9.97. The first-order valence-corrected chi connectivity index (χ1v) is 12.6. The fourth-order valence-corrected chi connectivity index (χ4v) is 4.61. The number of hydrogen-bond donors (Lipinski definition) is 2. The van der Waals surface area contributed by atoms with Gasteiger partial charge in [-0.25, -0.2) is 4.98 Å². The quantitative estimate of drug-likeness (QED) is 0.351. The van der Waals surface area contributed by atoms with Crippen LogP contribution in [0.3, 0.4) is 0 Å². The third kappa shape index (κ3) is 7.12. The van der Waals surface area contributed by atoms with Crippen LogP contribution in [0.25, 0.3) is 11.1 Å². The summed E-state index contributed by atoms with van der Waals surface area (Å²) in [5, 5.41) is 12.4. The predicted octanol–water partition coefficient (Wildman–Crippen LogP) is 6.49. The number of aliphatic carboxylic acids is 1. The zero-order valence-corrected chi connectivity index (χ0v) is 21.0. The number of carboxylic acid groups (broad SMARTS) is 1. The maximum atomic E-state index is 13.1.